The lowest BCUT2D eigenvalue weighted by Gasteiger charge is -2.14. The fourth-order valence-corrected chi connectivity index (χ4v) is 1.76. The average Bonchev–Trinajstić information content (AvgIpc) is 2.44. The number of Topliss-reactive ketones (excluding diaryl/α,β-unsaturated/α-hetero) is 1. The maximum absolute atomic E-state index is 12.4. The Bertz CT molecular complexity index is 465. The van der Waals surface area contributed by atoms with Crippen LogP contribution in [0.25, 0.3) is 0 Å². The molecule has 0 spiro atoms. The van der Waals surface area contributed by atoms with E-state index in [9.17, 15) is 9.59 Å². The molecule has 19 heavy (non-hydrogen) atoms. The Kier molecular flexibility index (Phi) is 5.79. The summed E-state index contributed by atoms with van der Waals surface area (Å²) in [5.74, 6) is -1.26. The van der Waals surface area contributed by atoms with E-state index in [1.54, 1.807) is 31.2 Å². The molecule has 1 unspecified atom stereocenters. The van der Waals surface area contributed by atoms with Crippen LogP contribution in [0.1, 0.15) is 23.7 Å². The van der Waals surface area contributed by atoms with E-state index in [0.717, 1.165) is 0 Å². The molecule has 0 saturated heterocycles. The quantitative estimate of drug-likeness (QED) is 0.328. The Morgan fingerprint density at radius 1 is 1.37 bits per heavy atom. The molecule has 0 N–H and O–H groups in total. The van der Waals surface area contributed by atoms with Gasteiger partial charge in [-0.1, -0.05) is 18.2 Å². The molecular formula is C15H18O4. The first-order valence-electron chi connectivity index (χ1n) is 6.10. The maximum Gasteiger partial charge on any atom is 0.317 e. The summed E-state index contributed by atoms with van der Waals surface area (Å²) in [6.45, 7) is 5.52. The minimum absolute atomic E-state index is 0.242. The highest BCUT2D eigenvalue weighted by atomic mass is 16.5. The molecule has 102 valence electrons. The number of hydrogen-bond acceptors (Lipinski definition) is 4. The SMILES string of the molecule is C=CCC(C(=O)OCC)C(=O)c1ccccc1OC. The van der Waals surface area contributed by atoms with Gasteiger partial charge >= 0.3 is 5.97 Å². The third-order valence-corrected chi connectivity index (χ3v) is 2.66. The summed E-state index contributed by atoms with van der Waals surface area (Å²) in [6, 6.07) is 6.81. The predicted molar refractivity (Wildman–Crippen MR) is 72.3 cm³/mol. The van der Waals surface area contributed by atoms with Crippen LogP contribution in [-0.4, -0.2) is 25.5 Å². The second-order valence-corrected chi connectivity index (χ2v) is 3.89. The van der Waals surface area contributed by atoms with Crippen molar-refractivity contribution in [3.63, 3.8) is 0 Å². The van der Waals surface area contributed by atoms with Gasteiger partial charge in [0.1, 0.15) is 11.7 Å². The molecule has 1 aromatic rings. The van der Waals surface area contributed by atoms with E-state index in [2.05, 4.69) is 6.58 Å². The minimum atomic E-state index is -0.867. The normalized spacial score (nSPS) is 11.5. The van der Waals surface area contributed by atoms with E-state index in [1.165, 1.54) is 13.2 Å². The Morgan fingerprint density at radius 2 is 2.05 bits per heavy atom. The molecule has 0 amide bonds. The average molecular weight is 262 g/mol. The summed E-state index contributed by atoms with van der Waals surface area (Å²) in [5, 5.41) is 0. The number of rotatable bonds is 7. The number of para-hydroxylation sites is 1. The molecule has 1 atom stereocenters. The summed E-state index contributed by atoms with van der Waals surface area (Å²) >= 11 is 0. The largest absolute Gasteiger partial charge is 0.496 e. The van der Waals surface area contributed by atoms with Gasteiger partial charge in [0, 0.05) is 0 Å². The van der Waals surface area contributed by atoms with Crippen LogP contribution in [0.2, 0.25) is 0 Å². The second-order valence-electron chi connectivity index (χ2n) is 3.89. The lowest BCUT2D eigenvalue weighted by molar-refractivity contribution is -0.146. The lowest BCUT2D eigenvalue weighted by atomic mass is 9.94. The number of allylic oxidation sites excluding steroid dienone is 1. The Hall–Kier alpha value is -2.10. The maximum atomic E-state index is 12.4. The first kappa shape index (κ1) is 15.0. The number of benzene rings is 1. The van der Waals surface area contributed by atoms with Gasteiger partial charge in [-0.2, -0.15) is 0 Å². The molecule has 0 radical (unpaired) electrons. The molecule has 0 aromatic heterocycles. The van der Waals surface area contributed by atoms with Crippen molar-refractivity contribution in [2.24, 2.45) is 5.92 Å². The van der Waals surface area contributed by atoms with E-state index < -0.39 is 11.9 Å². The van der Waals surface area contributed by atoms with E-state index >= 15 is 0 Å². The zero-order valence-corrected chi connectivity index (χ0v) is 11.2. The summed E-state index contributed by atoms with van der Waals surface area (Å²) in [7, 11) is 1.49. The van der Waals surface area contributed by atoms with E-state index in [4.69, 9.17) is 9.47 Å². The number of carbonyl (C=O) groups is 2. The van der Waals surface area contributed by atoms with Gasteiger partial charge < -0.3 is 9.47 Å². The van der Waals surface area contributed by atoms with Crippen LogP contribution in [0.15, 0.2) is 36.9 Å². The number of methoxy groups -OCH3 is 1. The third kappa shape index (κ3) is 3.68. The van der Waals surface area contributed by atoms with E-state index in [0.29, 0.717) is 11.3 Å². The topological polar surface area (TPSA) is 52.6 Å². The van der Waals surface area contributed by atoms with Crippen LogP contribution in [0.4, 0.5) is 0 Å². The summed E-state index contributed by atoms with van der Waals surface area (Å²) in [5.41, 5.74) is 0.380. The highest BCUT2D eigenvalue weighted by Gasteiger charge is 2.29. The van der Waals surface area contributed by atoms with Gasteiger partial charge in [-0.15, -0.1) is 6.58 Å². The van der Waals surface area contributed by atoms with Crippen molar-refractivity contribution in [1.29, 1.82) is 0 Å². The molecule has 0 aliphatic heterocycles. The highest BCUT2D eigenvalue weighted by molar-refractivity contribution is 6.10. The first-order valence-corrected chi connectivity index (χ1v) is 6.10. The molecule has 0 aliphatic carbocycles. The molecule has 0 saturated carbocycles. The number of ketones is 1. The van der Waals surface area contributed by atoms with Crippen molar-refractivity contribution in [2.45, 2.75) is 13.3 Å². The predicted octanol–water partition coefficient (Wildman–Crippen LogP) is 2.63. The Balaban J connectivity index is 3.05. The molecular weight excluding hydrogens is 244 g/mol. The van der Waals surface area contributed by atoms with Gasteiger partial charge in [0.05, 0.1) is 19.3 Å². The third-order valence-electron chi connectivity index (χ3n) is 2.66. The smallest absolute Gasteiger partial charge is 0.317 e. The highest BCUT2D eigenvalue weighted by Crippen LogP contribution is 2.23. The fraction of sp³-hybridized carbons (Fsp3) is 0.333. The number of carbonyl (C=O) groups excluding carboxylic acids is 2. The molecule has 1 rings (SSSR count). The Morgan fingerprint density at radius 3 is 2.63 bits per heavy atom. The summed E-state index contributed by atoms with van der Waals surface area (Å²) in [6.07, 6.45) is 1.78. The van der Waals surface area contributed by atoms with Crippen molar-refractivity contribution in [2.75, 3.05) is 13.7 Å². The van der Waals surface area contributed by atoms with Gasteiger partial charge in [0.15, 0.2) is 5.78 Å². The van der Waals surface area contributed by atoms with Gasteiger partial charge in [-0.05, 0) is 25.5 Å². The van der Waals surface area contributed by atoms with Crippen molar-refractivity contribution in [3.8, 4) is 5.75 Å². The van der Waals surface area contributed by atoms with Crippen molar-refractivity contribution in [3.05, 3.63) is 42.5 Å². The second kappa shape index (κ2) is 7.36. The molecule has 1 aromatic carbocycles. The van der Waals surface area contributed by atoms with Gasteiger partial charge in [0.2, 0.25) is 0 Å². The van der Waals surface area contributed by atoms with Crippen molar-refractivity contribution >= 4 is 11.8 Å². The number of hydrogen-bond donors (Lipinski definition) is 0. The van der Waals surface area contributed by atoms with Crippen LogP contribution in [0.5, 0.6) is 5.75 Å². The summed E-state index contributed by atoms with van der Waals surface area (Å²) in [4.78, 5) is 24.2. The van der Waals surface area contributed by atoms with Crippen molar-refractivity contribution < 1.29 is 19.1 Å². The van der Waals surface area contributed by atoms with Gasteiger partial charge in [-0.3, -0.25) is 9.59 Å². The van der Waals surface area contributed by atoms with Gasteiger partial charge in [-0.25, -0.2) is 0 Å². The molecule has 4 heteroatoms. The Labute approximate surface area is 113 Å². The zero-order valence-electron chi connectivity index (χ0n) is 11.2. The van der Waals surface area contributed by atoms with Crippen LogP contribution in [0.3, 0.4) is 0 Å². The van der Waals surface area contributed by atoms with Crippen molar-refractivity contribution in [1.82, 2.24) is 0 Å². The van der Waals surface area contributed by atoms with Crippen LogP contribution >= 0.6 is 0 Å². The zero-order chi connectivity index (χ0) is 14.3. The van der Waals surface area contributed by atoms with Crippen LogP contribution in [-0.2, 0) is 9.53 Å². The standard InChI is InChI=1S/C15H18O4/c1-4-8-12(15(17)19-5-2)14(16)11-9-6-7-10-13(11)18-3/h4,6-7,9-10,12H,1,5,8H2,2-3H3. The molecule has 0 heterocycles. The molecule has 4 nitrogen and oxygen atoms in total. The van der Waals surface area contributed by atoms with E-state index in [-0.39, 0.29) is 18.8 Å². The fourth-order valence-electron chi connectivity index (χ4n) is 1.76. The molecule has 0 fully saturated rings. The molecule has 0 aliphatic rings. The summed E-state index contributed by atoms with van der Waals surface area (Å²) < 4.78 is 10.1. The first-order chi connectivity index (χ1) is 9.15. The lowest BCUT2D eigenvalue weighted by Crippen LogP contribution is -2.26. The minimum Gasteiger partial charge on any atom is -0.496 e. The van der Waals surface area contributed by atoms with E-state index in [1.807, 2.05) is 0 Å². The molecule has 0 bridgehead atoms. The number of ether oxygens (including phenoxy) is 2. The van der Waals surface area contributed by atoms with Gasteiger partial charge in [0.25, 0.3) is 0 Å². The monoisotopic (exact) mass is 262 g/mol. The van der Waals surface area contributed by atoms with Crippen LogP contribution < -0.4 is 4.74 Å². The van der Waals surface area contributed by atoms with Crippen LogP contribution in [0, 0.1) is 5.92 Å². The number of esters is 1.